The molecule has 1 aromatic heterocycles. The first kappa shape index (κ1) is 18.4. The molecule has 0 radical (unpaired) electrons. The van der Waals surface area contributed by atoms with Crippen molar-refractivity contribution >= 4 is 29.2 Å². The molecule has 7 heteroatoms. The lowest BCUT2D eigenvalue weighted by Crippen LogP contribution is -2.36. The predicted molar refractivity (Wildman–Crippen MR) is 99.9 cm³/mol. The van der Waals surface area contributed by atoms with Gasteiger partial charge in [-0.3, -0.25) is 14.6 Å². The van der Waals surface area contributed by atoms with Crippen LogP contribution >= 0.6 is 23.2 Å². The summed E-state index contributed by atoms with van der Waals surface area (Å²) in [5, 5.41) is 0.792. The van der Waals surface area contributed by atoms with Crippen LogP contribution in [0.3, 0.4) is 0 Å². The molecule has 0 spiro atoms. The summed E-state index contributed by atoms with van der Waals surface area (Å²) in [6.07, 6.45) is 6.27. The molecule has 1 N–H and O–H groups in total. The van der Waals surface area contributed by atoms with E-state index in [1.165, 1.54) is 12.4 Å². The quantitative estimate of drug-likeness (QED) is 0.788. The fourth-order valence-corrected chi connectivity index (χ4v) is 3.71. The zero-order valence-corrected chi connectivity index (χ0v) is 15.3. The molecular formula is C19H16Cl2N2O3. The van der Waals surface area contributed by atoms with E-state index in [2.05, 4.69) is 9.97 Å². The van der Waals surface area contributed by atoms with Crippen molar-refractivity contribution in [2.24, 2.45) is 0 Å². The van der Waals surface area contributed by atoms with Crippen LogP contribution in [0.15, 0.2) is 69.7 Å². The number of nitrogens with one attached hydrogen (secondary N) is 1. The lowest BCUT2D eigenvalue weighted by Gasteiger charge is -2.31. The molecule has 1 atom stereocenters. The van der Waals surface area contributed by atoms with Gasteiger partial charge in [-0.05, 0) is 18.1 Å². The molecule has 0 fully saturated rings. The minimum Gasteiger partial charge on any atom is -0.461 e. The molecule has 1 aromatic carbocycles. The summed E-state index contributed by atoms with van der Waals surface area (Å²) in [4.78, 5) is 31.5. The van der Waals surface area contributed by atoms with Crippen molar-refractivity contribution in [3.05, 3.63) is 86.6 Å². The Bertz CT molecular complexity index is 922. The van der Waals surface area contributed by atoms with Gasteiger partial charge >= 0.3 is 5.97 Å². The van der Waals surface area contributed by atoms with E-state index in [0.29, 0.717) is 10.1 Å². The lowest BCUT2D eigenvalue weighted by atomic mass is 9.75. The highest BCUT2D eigenvalue weighted by atomic mass is 35.5. The highest BCUT2D eigenvalue weighted by molar-refractivity contribution is 6.35. The van der Waals surface area contributed by atoms with Crippen LogP contribution in [0.5, 0.6) is 0 Å². The van der Waals surface area contributed by atoms with E-state index >= 15 is 0 Å². The zero-order chi connectivity index (χ0) is 18.6. The molecule has 1 heterocycles. The van der Waals surface area contributed by atoms with E-state index in [1.54, 1.807) is 12.2 Å². The fraction of sp³-hybridized carbons (Fsp3) is 0.211. The monoisotopic (exact) mass is 390 g/mol. The molecule has 1 aliphatic carbocycles. The molecule has 1 unspecified atom stereocenters. The van der Waals surface area contributed by atoms with Crippen LogP contribution in [0.1, 0.15) is 24.1 Å². The number of hydrogen-bond acceptors (Lipinski definition) is 4. The lowest BCUT2D eigenvalue weighted by molar-refractivity contribution is -0.146. The molecule has 2 aromatic rings. The number of allylic oxidation sites excluding steroid dienone is 4. The topological polar surface area (TPSA) is 72.0 Å². The Morgan fingerprint density at radius 2 is 2.04 bits per heavy atom. The summed E-state index contributed by atoms with van der Waals surface area (Å²) in [5.41, 5.74) is -0.386. The number of aromatic amines is 1. The van der Waals surface area contributed by atoms with E-state index in [4.69, 9.17) is 27.9 Å². The Morgan fingerprint density at radius 1 is 1.27 bits per heavy atom. The van der Waals surface area contributed by atoms with Gasteiger partial charge in [0.05, 0.1) is 11.8 Å². The Labute approximate surface area is 160 Å². The molecule has 26 heavy (non-hydrogen) atoms. The fourth-order valence-electron chi connectivity index (χ4n) is 2.96. The van der Waals surface area contributed by atoms with Gasteiger partial charge in [-0.15, -0.1) is 0 Å². The van der Waals surface area contributed by atoms with Crippen molar-refractivity contribution in [1.82, 2.24) is 9.97 Å². The zero-order valence-electron chi connectivity index (χ0n) is 13.7. The Hall–Kier alpha value is -2.37. The number of H-pyrrole nitrogens is 1. The highest BCUT2D eigenvalue weighted by Crippen LogP contribution is 2.40. The van der Waals surface area contributed by atoms with Crippen LogP contribution in [-0.2, 0) is 21.6 Å². The number of ether oxygens (including phenoxy) is 1. The van der Waals surface area contributed by atoms with Crippen LogP contribution in [0.4, 0.5) is 0 Å². The van der Waals surface area contributed by atoms with E-state index in [-0.39, 0.29) is 25.1 Å². The molecular weight excluding hydrogens is 375 g/mol. The summed E-state index contributed by atoms with van der Waals surface area (Å²) in [6.45, 7) is 0.148. The van der Waals surface area contributed by atoms with Gasteiger partial charge in [0.2, 0.25) is 0 Å². The number of halogens is 2. The van der Waals surface area contributed by atoms with E-state index < -0.39 is 16.9 Å². The molecule has 0 bridgehead atoms. The summed E-state index contributed by atoms with van der Waals surface area (Å²) >= 11 is 12.4. The second-order valence-electron chi connectivity index (χ2n) is 6.04. The van der Waals surface area contributed by atoms with Crippen LogP contribution in [-0.4, -0.2) is 15.9 Å². The maximum absolute atomic E-state index is 12.5. The third-order valence-corrected chi connectivity index (χ3v) is 4.54. The van der Waals surface area contributed by atoms with Gasteiger partial charge in [-0.25, -0.2) is 0 Å². The third-order valence-electron chi connectivity index (χ3n) is 4.07. The molecule has 0 aliphatic heterocycles. The number of hydrogen-bond donors (Lipinski definition) is 1. The van der Waals surface area contributed by atoms with Crippen molar-refractivity contribution in [3.63, 3.8) is 0 Å². The SMILES string of the molecule is O=C(CC1(c2ncc[nH]c2=O)C=C(Cl)C=C(Cl)C1)OCc1ccccc1. The number of esters is 1. The minimum absolute atomic E-state index is 0.0970. The molecule has 5 nitrogen and oxygen atoms in total. The van der Waals surface area contributed by atoms with E-state index in [9.17, 15) is 9.59 Å². The average molecular weight is 391 g/mol. The van der Waals surface area contributed by atoms with Gasteiger partial charge in [0, 0.05) is 22.5 Å². The van der Waals surface area contributed by atoms with Gasteiger partial charge in [-0.1, -0.05) is 59.6 Å². The van der Waals surface area contributed by atoms with Crippen molar-refractivity contribution in [3.8, 4) is 0 Å². The van der Waals surface area contributed by atoms with Crippen molar-refractivity contribution in [2.75, 3.05) is 0 Å². The number of carbonyl (C=O) groups is 1. The van der Waals surface area contributed by atoms with Crippen LogP contribution in [0, 0.1) is 0 Å². The first-order valence-corrected chi connectivity index (χ1v) is 8.72. The van der Waals surface area contributed by atoms with E-state index in [1.807, 2.05) is 30.3 Å². The summed E-state index contributed by atoms with van der Waals surface area (Å²) in [7, 11) is 0. The molecule has 134 valence electrons. The number of rotatable bonds is 5. The van der Waals surface area contributed by atoms with Gasteiger partial charge in [0.25, 0.3) is 5.56 Å². The molecule has 0 saturated heterocycles. The normalized spacial score (nSPS) is 19.5. The van der Waals surface area contributed by atoms with Crippen LogP contribution in [0.25, 0.3) is 0 Å². The number of nitrogens with zero attached hydrogens (tertiary/aromatic N) is 1. The van der Waals surface area contributed by atoms with E-state index in [0.717, 1.165) is 5.56 Å². The van der Waals surface area contributed by atoms with Crippen molar-refractivity contribution in [1.29, 1.82) is 0 Å². The summed E-state index contributed by atoms with van der Waals surface area (Å²) in [6, 6.07) is 9.35. The predicted octanol–water partition coefficient (Wildman–Crippen LogP) is 3.79. The van der Waals surface area contributed by atoms with Crippen LogP contribution < -0.4 is 5.56 Å². The smallest absolute Gasteiger partial charge is 0.307 e. The number of benzene rings is 1. The molecule has 3 rings (SSSR count). The van der Waals surface area contributed by atoms with Crippen LogP contribution in [0.2, 0.25) is 0 Å². The Kier molecular flexibility index (Phi) is 5.59. The Balaban J connectivity index is 1.86. The average Bonchev–Trinajstić information content (AvgIpc) is 2.60. The first-order chi connectivity index (χ1) is 12.5. The van der Waals surface area contributed by atoms with Gasteiger partial charge in [0.1, 0.15) is 12.3 Å². The van der Waals surface area contributed by atoms with Gasteiger partial charge in [0.15, 0.2) is 0 Å². The van der Waals surface area contributed by atoms with Crippen molar-refractivity contribution < 1.29 is 9.53 Å². The second kappa shape index (κ2) is 7.89. The standard InChI is InChI=1S/C19H16Cl2N2O3/c20-14-8-15(21)10-19(9-14,17-18(25)23-7-6-22-17)11-16(24)26-12-13-4-2-1-3-5-13/h1-9H,10-12H2,(H,23,25). The van der Waals surface area contributed by atoms with Gasteiger partial charge in [-0.2, -0.15) is 0 Å². The minimum atomic E-state index is -1.05. The molecule has 0 amide bonds. The first-order valence-electron chi connectivity index (χ1n) is 7.97. The summed E-state index contributed by atoms with van der Waals surface area (Å²) in [5.74, 6) is -0.467. The summed E-state index contributed by atoms with van der Waals surface area (Å²) < 4.78 is 5.37. The molecule has 1 aliphatic rings. The van der Waals surface area contributed by atoms with Crippen molar-refractivity contribution in [2.45, 2.75) is 24.9 Å². The maximum Gasteiger partial charge on any atom is 0.307 e. The second-order valence-corrected chi connectivity index (χ2v) is 6.97. The van der Waals surface area contributed by atoms with Gasteiger partial charge < -0.3 is 9.72 Å². The Morgan fingerprint density at radius 3 is 2.73 bits per heavy atom. The number of carbonyl (C=O) groups excluding carboxylic acids is 1. The molecule has 0 saturated carbocycles. The maximum atomic E-state index is 12.5. The highest BCUT2D eigenvalue weighted by Gasteiger charge is 2.39. The number of aromatic nitrogens is 2. The third kappa shape index (κ3) is 4.23. The largest absolute Gasteiger partial charge is 0.461 e.